The molecule has 0 spiro atoms. The molecule has 0 bridgehead atoms. The van der Waals surface area contributed by atoms with Crippen molar-refractivity contribution in [3.63, 3.8) is 0 Å². The predicted molar refractivity (Wildman–Crippen MR) is 32.4 cm³/mol. The Hall–Kier alpha value is -0.850. The molecule has 3 heteroatoms. The van der Waals surface area contributed by atoms with Gasteiger partial charge in [-0.3, -0.25) is 0 Å². The van der Waals surface area contributed by atoms with Gasteiger partial charge in [-0.05, 0) is 0 Å². The van der Waals surface area contributed by atoms with E-state index in [1.165, 1.54) is 6.08 Å². The van der Waals surface area contributed by atoms with Gasteiger partial charge in [-0.2, -0.15) is 5.26 Å². The Balaban J connectivity index is 3.60. The Morgan fingerprint density at radius 3 is 2.56 bits per heavy atom. The number of aliphatic hydroxyl groups excluding tert-OH is 2. The maximum absolute atomic E-state index is 8.77. The van der Waals surface area contributed by atoms with Crippen molar-refractivity contribution in [2.75, 3.05) is 0 Å². The second kappa shape index (κ2) is 4.07. The van der Waals surface area contributed by atoms with Crippen molar-refractivity contribution < 1.29 is 10.2 Å². The van der Waals surface area contributed by atoms with Gasteiger partial charge < -0.3 is 10.2 Å². The van der Waals surface area contributed by atoms with Crippen LogP contribution in [0.1, 0.15) is 6.42 Å². The zero-order valence-corrected chi connectivity index (χ0v) is 4.99. The van der Waals surface area contributed by atoms with Crippen LogP contribution in [-0.2, 0) is 0 Å². The summed E-state index contributed by atoms with van der Waals surface area (Å²) in [6.45, 7) is 3.24. The molecule has 0 aromatic carbocycles. The highest BCUT2D eigenvalue weighted by Crippen LogP contribution is 1.97. The van der Waals surface area contributed by atoms with Gasteiger partial charge in [0.25, 0.3) is 0 Å². The molecule has 0 aromatic heterocycles. The summed E-state index contributed by atoms with van der Waals surface area (Å²) in [4.78, 5) is 0. The summed E-state index contributed by atoms with van der Waals surface area (Å²) in [5, 5.41) is 25.5. The Labute approximate surface area is 53.9 Å². The van der Waals surface area contributed by atoms with E-state index in [0.29, 0.717) is 0 Å². The first-order chi connectivity index (χ1) is 4.22. The molecule has 0 saturated heterocycles. The number of hydrogen-bond donors (Lipinski definition) is 2. The molecule has 9 heavy (non-hydrogen) atoms. The largest absolute Gasteiger partial charge is 0.389 e. The number of nitriles is 1. The quantitative estimate of drug-likeness (QED) is 0.516. The van der Waals surface area contributed by atoms with Crippen molar-refractivity contribution in [2.45, 2.75) is 18.6 Å². The smallest absolute Gasteiger partial charge is 0.0987 e. The fraction of sp³-hybridized carbons (Fsp3) is 0.500. The first-order valence-electron chi connectivity index (χ1n) is 2.58. The Morgan fingerprint density at radius 2 is 2.22 bits per heavy atom. The van der Waals surface area contributed by atoms with Gasteiger partial charge in [0.05, 0.1) is 24.7 Å². The lowest BCUT2D eigenvalue weighted by molar-refractivity contribution is 0.0525. The number of rotatable bonds is 3. The fourth-order valence-corrected chi connectivity index (χ4v) is 0.371. The van der Waals surface area contributed by atoms with E-state index in [4.69, 9.17) is 15.5 Å². The summed E-state index contributed by atoms with van der Waals surface area (Å²) in [5.41, 5.74) is 0. The lowest BCUT2D eigenvalue weighted by Crippen LogP contribution is -2.22. The molecule has 2 unspecified atom stereocenters. The number of nitrogens with zero attached hydrogens (tertiary/aromatic N) is 1. The maximum atomic E-state index is 8.77. The van der Waals surface area contributed by atoms with Gasteiger partial charge in [-0.15, -0.1) is 6.58 Å². The Bertz CT molecular complexity index is 128. The lowest BCUT2D eigenvalue weighted by atomic mass is 10.1. The van der Waals surface area contributed by atoms with E-state index in [9.17, 15) is 0 Å². The van der Waals surface area contributed by atoms with E-state index in [1.54, 1.807) is 6.07 Å². The van der Waals surface area contributed by atoms with Crippen LogP contribution in [0.4, 0.5) is 0 Å². The van der Waals surface area contributed by atoms with Gasteiger partial charge in [-0.1, -0.05) is 6.08 Å². The van der Waals surface area contributed by atoms with Crippen molar-refractivity contribution in [1.82, 2.24) is 0 Å². The molecule has 0 saturated carbocycles. The summed E-state index contributed by atoms with van der Waals surface area (Å²) < 4.78 is 0. The standard InChI is InChI=1S/C6H9NO2/c1-2-5(8)6(9)3-4-7/h2,5-6,8-9H,1,3H2. The van der Waals surface area contributed by atoms with Crippen LogP contribution in [0, 0.1) is 11.3 Å². The van der Waals surface area contributed by atoms with Gasteiger partial charge >= 0.3 is 0 Å². The van der Waals surface area contributed by atoms with E-state index in [-0.39, 0.29) is 6.42 Å². The molecule has 0 aliphatic heterocycles. The van der Waals surface area contributed by atoms with E-state index in [2.05, 4.69) is 6.58 Å². The zero-order chi connectivity index (χ0) is 7.28. The molecule has 0 heterocycles. The third kappa shape index (κ3) is 2.85. The SMILES string of the molecule is C=CC(O)C(O)CC#N. The van der Waals surface area contributed by atoms with E-state index >= 15 is 0 Å². The first kappa shape index (κ1) is 8.15. The van der Waals surface area contributed by atoms with Gasteiger partial charge in [0.15, 0.2) is 0 Å². The van der Waals surface area contributed by atoms with Crippen molar-refractivity contribution in [2.24, 2.45) is 0 Å². The van der Waals surface area contributed by atoms with Gasteiger partial charge in [-0.25, -0.2) is 0 Å². The van der Waals surface area contributed by atoms with E-state index in [0.717, 1.165) is 0 Å². The first-order valence-corrected chi connectivity index (χ1v) is 2.58. The van der Waals surface area contributed by atoms with Crippen LogP contribution in [0.3, 0.4) is 0 Å². The Kier molecular flexibility index (Phi) is 3.69. The summed E-state index contributed by atoms with van der Waals surface area (Å²) in [5.74, 6) is 0. The highest BCUT2D eigenvalue weighted by molar-refractivity contribution is 4.89. The number of hydrogen-bond acceptors (Lipinski definition) is 3. The van der Waals surface area contributed by atoms with Gasteiger partial charge in [0.2, 0.25) is 0 Å². The second-order valence-corrected chi connectivity index (χ2v) is 1.66. The van der Waals surface area contributed by atoms with Crippen LogP contribution < -0.4 is 0 Å². The van der Waals surface area contributed by atoms with Gasteiger partial charge in [0, 0.05) is 0 Å². The Morgan fingerprint density at radius 1 is 1.67 bits per heavy atom. The summed E-state index contributed by atoms with van der Waals surface area (Å²) >= 11 is 0. The van der Waals surface area contributed by atoms with Crippen LogP contribution in [-0.4, -0.2) is 22.4 Å². The van der Waals surface area contributed by atoms with Crippen molar-refractivity contribution >= 4 is 0 Å². The molecule has 2 N–H and O–H groups in total. The molecule has 0 aliphatic carbocycles. The van der Waals surface area contributed by atoms with Gasteiger partial charge in [0.1, 0.15) is 0 Å². The zero-order valence-electron chi connectivity index (χ0n) is 4.99. The molecular formula is C6H9NO2. The summed E-state index contributed by atoms with van der Waals surface area (Å²) in [6, 6.07) is 1.72. The number of aliphatic hydroxyl groups is 2. The summed E-state index contributed by atoms with van der Waals surface area (Å²) in [6.07, 6.45) is -0.841. The molecule has 2 atom stereocenters. The highest BCUT2D eigenvalue weighted by atomic mass is 16.3. The minimum absolute atomic E-state index is 0.0623. The lowest BCUT2D eigenvalue weighted by Gasteiger charge is -2.08. The van der Waals surface area contributed by atoms with Crippen LogP contribution in [0.5, 0.6) is 0 Å². The van der Waals surface area contributed by atoms with Crippen LogP contribution >= 0.6 is 0 Å². The second-order valence-electron chi connectivity index (χ2n) is 1.66. The molecular weight excluding hydrogens is 118 g/mol. The third-order valence-electron chi connectivity index (χ3n) is 0.936. The van der Waals surface area contributed by atoms with E-state index in [1.807, 2.05) is 0 Å². The molecule has 0 aliphatic rings. The van der Waals surface area contributed by atoms with Crippen molar-refractivity contribution in [3.05, 3.63) is 12.7 Å². The average Bonchev–Trinajstić information content (AvgIpc) is 1.87. The molecule has 0 amide bonds. The molecule has 0 aromatic rings. The molecule has 0 fully saturated rings. The molecule has 0 rings (SSSR count). The monoisotopic (exact) mass is 127 g/mol. The van der Waals surface area contributed by atoms with Crippen LogP contribution in [0.2, 0.25) is 0 Å². The minimum Gasteiger partial charge on any atom is -0.389 e. The third-order valence-corrected chi connectivity index (χ3v) is 0.936. The van der Waals surface area contributed by atoms with Crippen molar-refractivity contribution in [3.8, 4) is 6.07 Å². The highest BCUT2D eigenvalue weighted by Gasteiger charge is 2.10. The molecule has 3 nitrogen and oxygen atoms in total. The molecule has 50 valence electrons. The van der Waals surface area contributed by atoms with Crippen LogP contribution in [0.25, 0.3) is 0 Å². The predicted octanol–water partition coefficient (Wildman–Crippen LogP) is -0.192. The summed E-state index contributed by atoms with van der Waals surface area (Å²) in [7, 11) is 0. The van der Waals surface area contributed by atoms with E-state index < -0.39 is 12.2 Å². The normalized spacial score (nSPS) is 15.7. The van der Waals surface area contributed by atoms with Crippen LogP contribution in [0.15, 0.2) is 12.7 Å². The minimum atomic E-state index is -0.993. The topological polar surface area (TPSA) is 64.2 Å². The molecule has 0 radical (unpaired) electrons. The average molecular weight is 127 g/mol. The maximum Gasteiger partial charge on any atom is 0.0987 e. The fourth-order valence-electron chi connectivity index (χ4n) is 0.371. The van der Waals surface area contributed by atoms with Crippen molar-refractivity contribution in [1.29, 1.82) is 5.26 Å².